The van der Waals surface area contributed by atoms with Crippen LogP contribution in [0, 0.1) is 12.7 Å². The highest BCUT2D eigenvalue weighted by molar-refractivity contribution is 7.15. The minimum absolute atomic E-state index is 0.0355. The van der Waals surface area contributed by atoms with E-state index in [1.54, 1.807) is 19.1 Å². The zero-order chi connectivity index (χ0) is 20.7. The topological polar surface area (TPSA) is 99.8 Å². The molecule has 3 N–H and O–H groups in total. The van der Waals surface area contributed by atoms with Crippen molar-refractivity contribution in [3.63, 3.8) is 0 Å². The minimum Gasteiger partial charge on any atom is -0.507 e. The summed E-state index contributed by atoms with van der Waals surface area (Å²) in [5.74, 6) is -2.84. The molecule has 0 aliphatic rings. The molecule has 0 bridgehead atoms. The van der Waals surface area contributed by atoms with Crippen LogP contribution in [0.25, 0.3) is 22.1 Å². The molecule has 4 aromatic rings. The van der Waals surface area contributed by atoms with E-state index in [1.807, 2.05) is 0 Å². The highest BCUT2D eigenvalue weighted by atomic mass is 32.1. The highest BCUT2D eigenvalue weighted by Crippen LogP contribution is 2.37. The lowest BCUT2D eigenvalue weighted by Crippen LogP contribution is -2.13. The van der Waals surface area contributed by atoms with Gasteiger partial charge in [-0.25, -0.2) is 9.18 Å². The lowest BCUT2D eigenvalue weighted by molar-refractivity contribution is 0.0699. The van der Waals surface area contributed by atoms with Gasteiger partial charge in [-0.2, -0.15) is 0 Å². The molecule has 29 heavy (non-hydrogen) atoms. The maximum atomic E-state index is 14.4. The Kier molecular flexibility index (Phi) is 4.56. The second-order valence-electron chi connectivity index (χ2n) is 6.42. The number of aromatic hydroxyl groups is 1. The third-order valence-corrected chi connectivity index (χ3v) is 5.36. The molecule has 0 spiro atoms. The molecule has 0 saturated heterocycles. The zero-order valence-electron chi connectivity index (χ0n) is 15.0. The molecule has 2 heterocycles. The van der Waals surface area contributed by atoms with Gasteiger partial charge in [-0.15, -0.1) is 11.3 Å². The number of carboxylic acid groups (broad SMARTS) is 1. The van der Waals surface area contributed by atoms with E-state index in [2.05, 4.69) is 5.32 Å². The number of carboxylic acids is 1. The standard InChI is InChI=1S/C21H14FNO5S/c1-10-2-3-12(15(22)6-10)14-9-29-20(18(14)21(26)27)23-19(25)13-7-11-4-5-28-17(11)8-16(13)24/h2-9,24H,1H3,(H,23,25)(H,26,27). The first-order valence-corrected chi connectivity index (χ1v) is 9.36. The number of fused-ring (bicyclic) bond motifs is 1. The number of aromatic carboxylic acids is 1. The molecule has 0 atom stereocenters. The molecule has 0 aliphatic carbocycles. The lowest BCUT2D eigenvalue weighted by Gasteiger charge is -2.08. The van der Waals surface area contributed by atoms with Gasteiger partial charge in [-0.1, -0.05) is 12.1 Å². The van der Waals surface area contributed by atoms with Crippen LogP contribution < -0.4 is 5.32 Å². The number of thiophene rings is 1. The average Bonchev–Trinajstić information content (AvgIpc) is 3.27. The third kappa shape index (κ3) is 3.34. The van der Waals surface area contributed by atoms with Gasteiger partial charge < -0.3 is 19.9 Å². The van der Waals surface area contributed by atoms with Gasteiger partial charge in [-0.3, -0.25) is 4.79 Å². The molecule has 8 heteroatoms. The second kappa shape index (κ2) is 7.06. The van der Waals surface area contributed by atoms with Crippen LogP contribution >= 0.6 is 11.3 Å². The fourth-order valence-electron chi connectivity index (χ4n) is 3.05. The summed E-state index contributed by atoms with van der Waals surface area (Å²) in [5, 5.41) is 24.4. The minimum atomic E-state index is -1.30. The molecule has 0 saturated carbocycles. The maximum absolute atomic E-state index is 14.4. The Morgan fingerprint density at radius 1 is 1.14 bits per heavy atom. The summed E-state index contributed by atoms with van der Waals surface area (Å²) in [4.78, 5) is 24.5. The van der Waals surface area contributed by atoms with E-state index in [1.165, 1.54) is 35.9 Å². The molecule has 0 unspecified atom stereocenters. The number of rotatable bonds is 4. The number of nitrogens with one attached hydrogen (secondary N) is 1. The van der Waals surface area contributed by atoms with Crippen LogP contribution in [0.15, 0.2) is 52.5 Å². The van der Waals surface area contributed by atoms with E-state index in [0.717, 1.165) is 11.3 Å². The average molecular weight is 411 g/mol. The van der Waals surface area contributed by atoms with Crippen LogP contribution in [0.5, 0.6) is 5.75 Å². The summed E-state index contributed by atoms with van der Waals surface area (Å²) in [6, 6.07) is 8.89. The van der Waals surface area contributed by atoms with Crippen molar-refractivity contribution in [2.24, 2.45) is 0 Å². The molecule has 2 aromatic carbocycles. The van der Waals surface area contributed by atoms with Crippen molar-refractivity contribution in [3.05, 3.63) is 70.5 Å². The van der Waals surface area contributed by atoms with Crippen molar-refractivity contribution in [1.29, 1.82) is 0 Å². The molecule has 0 aliphatic heterocycles. The summed E-state index contributed by atoms with van der Waals surface area (Å²) in [6.07, 6.45) is 1.43. The molecular formula is C21H14FNO5S. The number of carbonyl (C=O) groups excluding carboxylic acids is 1. The predicted octanol–water partition coefficient (Wildman–Crippen LogP) is 5.26. The molecule has 6 nitrogen and oxygen atoms in total. The molecular weight excluding hydrogens is 397 g/mol. The van der Waals surface area contributed by atoms with Crippen molar-refractivity contribution in [3.8, 4) is 16.9 Å². The number of hydrogen-bond acceptors (Lipinski definition) is 5. The van der Waals surface area contributed by atoms with E-state index in [4.69, 9.17) is 4.42 Å². The largest absolute Gasteiger partial charge is 0.507 e. The zero-order valence-corrected chi connectivity index (χ0v) is 15.8. The summed E-state index contributed by atoms with van der Waals surface area (Å²) in [5.41, 5.74) is 1.18. The first kappa shape index (κ1) is 18.7. The van der Waals surface area contributed by atoms with Crippen molar-refractivity contribution in [2.75, 3.05) is 5.32 Å². The first-order valence-electron chi connectivity index (χ1n) is 8.48. The summed E-state index contributed by atoms with van der Waals surface area (Å²) in [6.45, 7) is 1.73. The van der Waals surface area contributed by atoms with Crippen LogP contribution in [0.3, 0.4) is 0 Å². The molecule has 0 radical (unpaired) electrons. The van der Waals surface area contributed by atoms with Gasteiger partial charge in [0.2, 0.25) is 0 Å². The van der Waals surface area contributed by atoms with Gasteiger partial charge in [0.15, 0.2) is 0 Å². The molecule has 4 rings (SSSR count). The smallest absolute Gasteiger partial charge is 0.339 e. The number of amides is 1. The van der Waals surface area contributed by atoms with E-state index >= 15 is 0 Å². The number of benzene rings is 2. The molecule has 0 fully saturated rings. The number of phenols is 1. The van der Waals surface area contributed by atoms with Crippen LogP contribution in [0.1, 0.15) is 26.3 Å². The van der Waals surface area contributed by atoms with Gasteiger partial charge in [0.1, 0.15) is 27.7 Å². The van der Waals surface area contributed by atoms with Crippen molar-refractivity contribution in [2.45, 2.75) is 6.92 Å². The Morgan fingerprint density at radius 3 is 2.66 bits per heavy atom. The number of aryl methyl sites for hydroxylation is 1. The number of phenolic OH excluding ortho intramolecular Hbond substituents is 1. The Labute approximate surface area is 167 Å². The summed E-state index contributed by atoms with van der Waals surface area (Å²) >= 11 is 0.967. The van der Waals surface area contributed by atoms with Crippen molar-refractivity contribution >= 4 is 39.2 Å². The van der Waals surface area contributed by atoms with E-state index < -0.39 is 17.7 Å². The number of halogens is 1. The molecule has 146 valence electrons. The molecule has 2 aromatic heterocycles. The monoisotopic (exact) mass is 411 g/mol. The van der Waals surface area contributed by atoms with Crippen molar-refractivity contribution < 1.29 is 28.6 Å². The highest BCUT2D eigenvalue weighted by Gasteiger charge is 2.24. The van der Waals surface area contributed by atoms with Crippen LogP contribution in [-0.4, -0.2) is 22.1 Å². The normalized spacial score (nSPS) is 11.0. The van der Waals surface area contributed by atoms with Crippen LogP contribution in [0.2, 0.25) is 0 Å². The predicted molar refractivity (Wildman–Crippen MR) is 107 cm³/mol. The van der Waals surface area contributed by atoms with E-state index in [-0.39, 0.29) is 33.0 Å². The van der Waals surface area contributed by atoms with E-state index in [0.29, 0.717) is 16.5 Å². The van der Waals surface area contributed by atoms with Gasteiger partial charge in [0, 0.05) is 28.0 Å². The second-order valence-corrected chi connectivity index (χ2v) is 7.30. The molecule has 1 amide bonds. The van der Waals surface area contributed by atoms with Crippen molar-refractivity contribution in [1.82, 2.24) is 0 Å². The Hall–Kier alpha value is -3.65. The summed E-state index contributed by atoms with van der Waals surface area (Å²) < 4.78 is 19.5. The Morgan fingerprint density at radius 2 is 1.93 bits per heavy atom. The van der Waals surface area contributed by atoms with Gasteiger partial charge in [0.25, 0.3) is 5.91 Å². The Bertz CT molecular complexity index is 1270. The lowest BCUT2D eigenvalue weighted by atomic mass is 10.0. The first-order chi connectivity index (χ1) is 13.8. The number of furan rings is 1. The number of carbonyl (C=O) groups is 2. The van der Waals surface area contributed by atoms with Crippen LogP contribution in [0.4, 0.5) is 9.39 Å². The quantitative estimate of drug-likeness (QED) is 0.425. The summed E-state index contributed by atoms with van der Waals surface area (Å²) in [7, 11) is 0. The Balaban J connectivity index is 1.73. The van der Waals surface area contributed by atoms with Crippen LogP contribution in [-0.2, 0) is 0 Å². The fourth-order valence-corrected chi connectivity index (χ4v) is 4.00. The third-order valence-electron chi connectivity index (χ3n) is 4.46. The van der Waals surface area contributed by atoms with Gasteiger partial charge in [0.05, 0.1) is 11.8 Å². The fraction of sp³-hybridized carbons (Fsp3) is 0.0476. The maximum Gasteiger partial charge on any atom is 0.339 e. The SMILES string of the molecule is Cc1ccc(-c2csc(NC(=O)c3cc4ccoc4cc3O)c2C(=O)O)c(F)c1. The number of hydrogen-bond donors (Lipinski definition) is 3. The van der Waals surface area contributed by atoms with Gasteiger partial charge >= 0.3 is 5.97 Å². The van der Waals surface area contributed by atoms with E-state index in [9.17, 15) is 24.2 Å². The van der Waals surface area contributed by atoms with Gasteiger partial charge in [-0.05, 0) is 30.7 Å². The number of anilines is 1.